The van der Waals surface area contributed by atoms with Crippen LogP contribution in [0.5, 0.6) is 0 Å². The summed E-state index contributed by atoms with van der Waals surface area (Å²) in [4.78, 5) is 14.9. The molecule has 0 unspecified atom stereocenters. The highest BCUT2D eigenvalue weighted by Gasteiger charge is 2.10. The molecule has 94 valence electrons. The Labute approximate surface area is 104 Å². The van der Waals surface area contributed by atoms with Crippen LogP contribution in [-0.2, 0) is 4.74 Å². The predicted molar refractivity (Wildman–Crippen MR) is 65.8 cm³/mol. The molecule has 0 fully saturated rings. The van der Waals surface area contributed by atoms with Crippen molar-refractivity contribution in [3.05, 3.63) is 35.7 Å². The van der Waals surface area contributed by atoms with E-state index in [0.717, 1.165) is 11.1 Å². The van der Waals surface area contributed by atoms with Gasteiger partial charge in [0, 0.05) is 12.7 Å². The molecule has 0 saturated carbocycles. The number of nitrogens with two attached hydrogens (primary N) is 1. The summed E-state index contributed by atoms with van der Waals surface area (Å²) in [6.07, 6.45) is 0.0346. The van der Waals surface area contributed by atoms with E-state index in [4.69, 9.17) is 10.5 Å². The molecule has 0 aliphatic rings. The zero-order valence-corrected chi connectivity index (χ0v) is 10.2. The summed E-state index contributed by atoms with van der Waals surface area (Å²) in [7, 11) is 1.66. The van der Waals surface area contributed by atoms with Crippen molar-refractivity contribution in [2.45, 2.75) is 13.0 Å². The topological polar surface area (TPSA) is 93.9 Å². The predicted octanol–water partition coefficient (Wildman–Crippen LogP) is 1.28. The molecule has 2 aromatic rings. The molecular weight excluding hydrogens is 232 g/mol. The van der Waals surface area contributed by atoms with Crippen LogP contribution in [0.4, 0.5) is 0 Å². The third-order valence-electron chi connectivity index (χ3n) is 2.71. The number of amides is 1. The smallest absolute Gasteiger partial charge is 0.286 e. The molecule has 1 heterocycles. The molecule has 1 aromatic heterocycles. The van der Waals surface area contributed by atoms with Crippen LogP contribution in [0.1, 0.15) is 29.2 Å². The van der Waals surface area contributed by atoms with Gasteiger partial charge in [-0.3, -0.25) is 9.89 Å². The van der Waals surface area contributed by atoms with Gasteiger partial charge >= 0.3 is 0 Å². The van der Waals surface area contributed by atoms with Crippen LogP contribution in [0.2, 0.25) is 0 Å². The van der Waals surface area contributed by atoms with Crippen molar-refractivity contribution in [2.75, 3.05) is 7.11 Å². The van der Waals surface area contributed by atoms with Crippen molar-refractivity contribution in [2.24, 2.45) is 5.73 Å². The number of nitrogens with one attached hydrogen (secondary N) is 1. The molecule has 0 radical (unpaired) electrons. The van der Waals surface area contributed by atoms with Crippen LogP contribution in [0.25, 0.3) is 11.4 Å². The number of nitrogens with zero attached hydrogens (tertiary/aromatic N) is 2. The van der Waals surface area contributed by atoms with Gasteiger partial charge in [-0.15, -0.1) is 0 Å². The van der Waals surface area contributed by atoms with E-state index in [0.29, 0.717) is 5.82 Å². The molecule has 1 amide bonds. The normalized spacial score (nSPS) is 12.3. The lowest BCUT2D eigenvalue weighted by molar-refractivity contribution is 0.0991. The Kier molecular flexibility index (Phi) is 3.38. The number of ether oxygens (including phenoxy) is 1. The second kappa shape index (κ2) is 4.97. The highest BCUT2D eigenvalue weighted by Crippen LogP contribution is 2.20. The first-order chi connectivity index (χ1) is 8.61. The van der Waals surface area contributed by atoms with E-state index >= 15 is 0 Å². The highest BCUT2D eigenvalue weighted by atomic mass is 16.5. The molecule has 6 heteroatoms. The van der Waals surface area contributed by atoms with Gasteiger partial charge in [0.2, 0.25) is 5.82 Å². The van der Waals surface area contributed by atoms with E-state index in [1.165, 1.54) is 0 Å². The van der Waals surface area contributed by atoms with Gasteiger partial charge in [-0.1, -0.05) is 24.3 Å². The Hall–Kier alpha value is -2.21. The number of aromatic nitrogens is 3. The first-order valence-corrected chi connectivity index (χ1v) is 5.47. The SMILES string of the molecule is CO[C@@H](C)c1ccc(-c2n[nH]c(C(N)=O)n2)cc1. The van der Waals surface area contributed by atoms with Crippen LogP contribution in [0, 0.1) is 0 Å². The maximum atomic E-state index is 10.9. The lowest BCUT2D eigenvalue weighted by Gasteiger charge is -2.09. The van der Waals surface area contributed by atoms with Crippen LogP contribution < -0.4 is 5.73 Å². The van der Waals surface area contributed by atoms with Crippen molar-refractivity contribution >= 4 is 5.91 Å². The van der Waals surface area contributed by atoms with E-state index in [9.17, 15) is 4.79 Å². The van der Waals surface area contributed by atoms with Crippen molar-refractivity contribution in [1.29, 1.82) is 0 Å². The summed E-state index contributed by atoms with van der Waals surface area (Å²) in [6.45, 7) is 1.97. The number of hydrogen-bond acceptors (Lipinski definition) is 4. The molecule has 1 atom stereocenters. The van der Waals surface area contributed by atoms with Gasteiger partial charge < -0.3 is 10.5 Å². The van der Waals surface area contributed by atoms with E-state index in [-0.39, 0.29) is 11.9 Å². The Bertz CT molecular complexity index is 547. The summed E-state index contributed by atoms with van der Waals surface area (Å²) in [5, 5.41) is 6.43. The molecule has 18 heavy (non-hydrogen) atoms. The third kappa shape index (κ3) is 2.38. The molecule has 6 nitrogen and oxygen atoms in total. The minimum atomic E-state index is -0.627. The Balaban J connectivity index is 2.25. The lowest BCUT2D eigenvalue weighted by atomic mass is 10.1. The molecule has 0 aliphatic heterocycles. The molecule has 0 bridgehead atoms. The number of H-pyrrole nitrogens is 1. The monoisotopic (exact) mass is 246 g/mol. The van der Waals surface area contributed by atoms with Crippen LogP contribution in [-0.4, -0.2) is 28.2 Å². The zero-order chi connectivity index (χ0) is 13.1. The van der Waals surface area contributed by atoms with Crippen molar-refractivity contribution in [1.82, 2.24) is 15.2 Å². The van der Waals surface area contributed by atoms with Crippen LogP contribution >= 0.6 is 0 Å². The van der Waals surface area contributed by atoms with Gasteiger partial charge in [0.05, 0.1) is 6.10 Å². The van der Waals surface area contributed by atoms with Gasteiger partial charge in [-0.2, -0.15) is 5.10 Å². The first-order valence-electron chi connectivity index (χ1n) is 5.47. The van der Waals surface area contributed by atoms with Gasteiger partial charge in [-0.25, -0.2) is 4.98 Å². The number of benzene rings is 1. The average Bonchev–Trinajstić information content (AvgIpc) is 2.88. The average molecular weight is 246 g/mol. The standard InChI is InChI=1S/C12H14N4O2/c1-7(18-2)8-3-5-9(6-4-8)11-14-12(10(13)17)16-15-11/h3-7H,1-2H3,(H2,13,17)(H,14,15,16)/t7-/m0/s1. The fourth-order valence-electron chi connectivity index (χ4n) is 1.54. The summed E-state index contributed by atoms with van der Waals surface area (Å²) in [5.41, 5.74) is 6.97. The maximum absolute atomic E-state index is 10.9. The molecule has 0 saturated heterocycles. The molecule has 0 aliphatic carbocycles. The summed E-state index contributed by atoms with van der Waals surface area (Å²) < 4.78 is 5.22. The van der Waals surface area contributed by atoms with Gasteiger partial charge in [0.25, 0.3) is 5.91 Å². The highest BCUT2D eigenvalue weighted by molar-refractivity contribution is 5.89. The number of hydrogen-bond donors (Lipinski definition) is 2. The molecular formula is C12H14N4O2. The van der Waals surface area contributed by atoms with Crippen molar-refractivity contribution in [3.63, 3.8) is 0 Å². The maximum Gasteiger partial charge on any atom is 0.286 e. The Morgan fingerprint density at radius 2 is 2.06 bits per heavy atom. The summed E-state index contributed by atoms with van der Waals surface area (Å²) in [5.74, 6) is -0.127. The van der Waals surface area contributed by atoms with Crippen LogP contribution in [0.3, 0.4) is 0 Å². The number of carbonyl (C=O) groups is 1. The number of rotatable bonds is 4. The minimum absolute atomic E-state index is 0.0346. The number of primary amides is 1. The second-order valence-corrected chi connectivity index (χ2v) is 3.87. The van der Waals surface area contributed by atoms with Gasteiger partial charge in [-0.05, 0) is 12.5 Å². The summed E-state index contributed by atoms with van der Waals surface area (Å²) >= 11 is 0. The molecule has 0 spiro atoms. The van der Waals surface area contributed by atoms with E-state index < -0.39 is 5.91 Å². The van der Waals surface area contributed by atoms with Crippen LogP contribution in [0.15, 0.2) is 24.3 Å². The van der Waals surface area contributed by atoms with Gasteiger partial charge in [0.15, 0.2) is 5.82 Å². The van der Waals surface area contributed by atoms with E-state index in [1.807, 2.05) is 31.2 Å². The fourth-order valence-corrected chi connectivity index (χ4v) is 1.54. The van der Waals surface area contributed by atoms with E-state index in [2.05, 4.69) is 15.2 Å². The zero-order valence-electron chi connectivity index (χ0n) is 10.2. The molecule has 2 rings (SSSR count). The van der Waals surface area contributed by atoms with E-state index in [1.54, 1.807) is 7.11 Å². The summed E-state index contributed by atoms with van der Waals surface area (Å²) in [6, 6.07) is 7.62. The van der Waals surface area contributed by atoms with Crippen molar-refractivity contribution < 1.29 is 9.53 Å². The number of carbonyl (C=O) groups excluding carboxylic acids is 1. The minimum Gasteiger partial charge on any atom is -0.377 e. The number of methoxy groups -OCH3 is 1. The van der Waals surface area contributed by atoms with Crippen molar-refractivity contribution in [3.8, 4) is 11.4 Å². The first kappa shape index (κ1) is 12.3. The quantitative estimate of drug-likeness (QED) is 0.849. The Morgan fingerprint density at radius 3 is 2.56 bits per heavy atom. The lowest BCUT2D eigenvalue weighted by Crippen LogP contribution is -2.12. The Morgan fingerprint density at radius 1 is 1.39 bits per heavy atom. The second-order valence-electron chi connectivity index (χ2n) is 3.87. The fraction of sp³-hybridized carbons (Fsp3) is 0.250. The third-order valence-corrected chi connectivity index (χ3v) is 2.71. The largest absolute Gasteiger partial charge is 0.377 e. The molecule has 3 N–H and O–H groups in total. The van der Waals surface area contributed by atoms with Gasteiger partial charge in [0.1, 0.15) is 0 Å². The molecule has 1 aromatic carbocycles. The number of aromatic amines is 1.